The summed E-state index contributed by atoms with van der Waals surface area (Å²) in [6.45, 7) is 3.70. The number of nitrogens with zero attached hydrogens (tertiary/aromatic N) is 1. The molecule has 1 rings (SSSR count). The van der Waals surface area contributed by atoms with E-state index in [1.54, 1.807) is 0 Å². The summed E-state index contributed by atoms with van der Waals surface area (Å²) in [7, 11) is 1.53. The maximum Gasteiger partial charge on any atom is 0.168 e. The minimum atomic E-state index is -0.695. The van der Waals surface area contributed by atoms with E-state index in [1.807, 2.05) is 13.8 Å². The normalized spacial score (nSPS) is 10.4. The zero-order valence-corrected chi connectivity index (χ0v) is 8.36. The number of halogens is 2. The fraction of sp³-hybridized carbons (Fsp3) is 0.444. The van der Waals surface area contributed by atoms with Crippen LogP contribution < -0.4 is 10.6 Å². The van der Waals surface area contributed by atoms with Crippen molar-refractivity contribution in [2.45, 2.75) is 19.9 Å². The smallest absolute Gasteiger partial charge is 0.168 e. The van der Waals surface area contributed by atoms with E-state index in [0.29, 0.717) is 0 Å². The Balaban J connectivity index is 3.04. The summed E-state index contributed by atoms with van der Waals surface area (Å²) in [5, 5.41) is 5.33. The van der Waals surface area contributed by atoms with Gasteiger partial charge in [0.1, 0.15) is 0 Å². The first-order chi connectivity index (χ1) is 6.54. The molecule has 5 heteroatoms. The van der Waals surface area contributed by atoms with E-state index in [0.717, 1.165) is 6.07 Å². The molecule has 2 N–H and O–H groups in total. The minimum absolute atomic E-state index is 0.0366. The van der Waals surface area contributed by atoms with Crippen LogP contribution in [-0.4, -0.2) is 18.1 Å². The Labute approximate surface area is 81.5 Å². The largest absolute Gasteiger partial charge is 0.371 e. The maximum atomic E-state index is 13.1. The first kappa shape index (κ1) is 10.7. The molecule has 1 heterocycles. The molecule has 0 radical (unpaired) electrons. The van der Waals surface area contributed by atoms with Gasteiger partial charge in [-0.15, -0.1) is 0 Å². The van der Waals surface area contributed by atoms with E-state index in [9.17, 15) is 8.78 Å². The van der Waals surface area contributed by atoms with Crippen molar-refractivity contribution in [3.8, 4) is 0 Å². The Hall–Kier alpha value is -1.39. The van der Waals surface area contributed by atoms with Crippen LogP contribution in [0.2, 0.25) is 0 Å². The van der Waals surface area contributed by atoms with Crippen molar-refractivity contribution in [1.29, 1.82) is 0 Å². The SMILES string of the molecule is CNc1nc(NC(C)C)c(F)cc1F. The second-order valence-electron chi connectivity index (χ2n) is 3.20. The third kappa shape index (κ3) is 2.31. The summed E-state index contributed by atoms with van der Waals surface area (Å²) in [4.78, 5) is 3.76. The molecule has 1 aromatic heterocycles. The molecule has 1 aromatic rings. The Morgan fingerprint density at radius 2 is 1.79 bits per heavy atom. The van der Waals surface area contributed by atoms with E-state index in [1.165, 1.54) is 7.05 Å². The molecule has 0 bridgehead atoms. The average molecular weight is 201 g/mol. The van der Waals surface area contributed by atoms with Crippen molar-refractivity contribution < 1.29 is 8.78 Å². The van der Waals surface area contributed by atoms with Gasteiger partial charge < -0.3 is 10.6 Å². The van der Waals surface area contributed by atoms with Crippen molar-refractivity contribution >= 4 is 11.6 Å². The zero-order chi connectivity index (χ0) is 10.7. The number of nitrogens with one attached hydrogen (secondary N) is 2. The van der Waals surface area contributed by atoms with Crippen molar-refractivity contribution in [2.75, 3.05) is 17.7 Å². The van der Waals surface area contributed by atoms with Crippen LogP contribution >= 0.6 is 0 Å². The van der Waals surface area contributed by atoms with Crippen LogP contribution in [0.3, 0.4) is 0 Å². The highest BCUT2D eigenvalue weighted by atomic mass is 19.1. The van der Waals surface area contributed by atoms with Gasteiger partial charge in [0.2, 0.25) is 0 Å². The average Bonchev–Trinajstić information content (AvgIpc) is 2.09. The molecule has 0 unspecified atom stereocenters. The van der Waals surface area contributed by atoms with Crippen LogP contribution in [0.15, 0.2) is 6.07 Å². The first-order valence-corrected chi connectivity index (χ1v) is 4.35. The van der Waals surface area contributed by atoms with Gasteiger partial charge in [-0.2, -0.15) is 0 Å². The Morgan fingerprint density at radius 1 is 1.21 bits per heavy atom. The maximum absolute atomic E-state index is 13.1. The number of aromatic nitrogens is 1. The highest BCUT2D eigenvalue weighted by Crippen LogP contribution is 2.18. The molecule has 0 aliphatic rings. The lowest BCUT2D eigenvalue weighted by Crippen LogP contribution is -2.13. The van der Waals surface area contributed by atoms with Gasteiger partial charge in [-0.1, -0.05) is 0 Å². The molecule has 0 aliphatic carbocycles. The van der Waals surface area contributed by atoms with Crippen molar-refractivity contribution in [3.63, 3.8) is 0 Å². The Morgan fingerprint density at radius 3 is 2.29 bits per heavy atom. The second kappa shape index (κ2) is 4.21. The summed E-state index contributed by atoms with van der Waals surface area (Å²) in [6.07, 6.45) is 0. The van der Waals surface area contributed by atoms with E-state index < -0.39 is 11.6 Å². The molecule has 0 spiro atoms. The minimum Gasteiger partial charge on any atom is -0.371 e. The molecule has 0 aromatic carbocycles. The topological polar surface area (TPSA) is 37.0 Å². The van der Waals surface area contributed by atoms with Crippen LogP contribution in [0.5, 0.6) is 0 Å². The fourth-order valence-electron chi connectivity index (χ4n) is 1.02. The molecular weight excluding hydrogens is 188 g/mol. The molecule has 0 saturated carbocycles. The number of rotatable bonds is 3. The van der Waals surface area contributed by atoms with Crippen molar-refractivity contribution in [2.24, 2.45) is 0 Å². The van der Waals surface area contributed by atoms with E-state index >= 15 is 0 Å². The van der Waals surface area contributed by atoms with Gasteiger partial charge in [0.25, 0.3) is 0 Å². The number of pyridine rings is 1. The van der Waals surface area contributed by atoms with Crippen LogP contribution in [0, 0.1) is 11.6 Å². The summed E-state index contributed by atoms with van der Waals surface area (Å²) in [6, 6.07) is 0.857. The highest BCUT2D eigenvalue weighted by Gasteiger charge is 2.10. The van der Waals surface area contributed by atoms with Gasteiger partial charge in [0.05, 0.1) is 0 Å². The molecule has 0 aliphatic heterocycles. The van der Waals surface area contributed by atoms with Gasteiger partial charge in [-0.25, -0.2) is 13.8 Å². The lowest BCUT2D eigenvalue weighted by Gasteiger charge is -2.11. The molecule has 3 nitrogen and oxygen atoms in total. The summed E-state index contributed by atoms with van der Waals surface area (Å²) in [5.41, 5.74) is 0. The zero-order valence-electron chi connectivity index (χ0n) is 8.36. The quantitative estimate of drug-likeness (QED) is 0.787. The van der Waals surface area contributed by atoms with Gasteiger partial charge in [-0.3, -0.25) is 0 Å². The van der Waals surface area contributed by atoms with E-state index in [-0.39, 0.29) is 17.7 Å². The predicted octanol–water partition coefficient (Wildman–Crippen LogP) is 2.22. The van der Waals surface area contributed by atoms with Crippen LogP contribution in [0.25, 0.3) is 0 Å². The number of hydrogen-bond donors (Lipinski definition) is 2. The molecule has 0 amide bonds. The van der Waals surface area contributed by atoms with Gasteiger partial charge in [0, 0.05) is 19.2 Å². The van der Waals surface area contributed by atoms with Gasteiger partial charge in [-0.05, 0) is 13.8 Å². The molecule has 14 heavy (non-hydrogen) atoms. The van der Waals surface area contributed by atoms with Gasteiger partial charge in [0.15, 0.2) is 23.3 Å². The second-order valence-corrected chi connectivity index (χ2v) is 3.20. The molecule has 0 saturated heterocycles. The Bertz CT molecular complexity index is 326. The predicted molar refractivity (Wildman–Crippen MR) is 52.5 cm³/mol. The first-order valence-electron chi connectivity index (χ1n) is 4.35. The Kier molecular flexibility index (Phi) is 3.22. The van der Waals surface area contributed by atoms with Crippen LogP contribution in [0.1, 0.15) is 13.8 Å². The van der Waals surface area contributed by atoms with Gasteiger partial charge >= 0.3 is 0 Å². The summed E-state index contributed by atoms with van der Waals surface area (Å²) < 4.78 is 26.1. The molecule has 0 atom stereocenters. The molecule has 78 valence electrons. The fourth-order valence-corrected chi connectivity index (χ4v) is 1.02. The number of anilines is 2. The summed E-state index contributed by atoms with van der Waals surface area (Å²) >= 11 is 0. The monoisotopic (exact) mass is 201 g/mol. The lowest BCUT2D eigenvalue weighted by molar-refractivity contribution is 0.577. The lowest BCUT2D eigenvalue weighted by atomic mass is 10.3. The van der Waals surface area contributed by atoms with Crippen molar-refractivity contribution in [3.05, 3.63) is 17.7 Å². The third-order valence-corrected chi connectivity index (χ3v) is 1.59. The summed E-state index contributed by atoms with van der Waals surface area (Å²) in [5.74, 6) is -1.28. The molecule has 0 fully saturated rings. The number of hydrogen-bond acceptors (Lipinski definition) is 3. The standard InChI is InChI=1S/C9H13F2N3/c1-5(2)13-9-7(11)4-6(10)8(12-3)14-9/h4-5H,1-3H3,(H2,12,13,14). The van der Waals surface area contributed by atoms with Crippen LogP contribution in [0.4, 0.5) is 20.4 Å². The van der Waals surface area contributed by atoms with Crippen LogP contribution in [-0.2, 0) is 0 Å². The van der Waals surface area contributed by atoms with E-state index in [2.05, 4.69) is 15.6 Å². The third-order valence-electron chi connectivity index (χ3n) is 1.59. The highest BCUT2D eigenvalue weighted by molar-refractivity contribution is 5.47. The molecular formula is C9H13F2N3. The van der Waals surface area contributed by atoms with E-state index in [4.69, 9.17) is 0 Å². The van der Waals surface area contributed by atoms with Crippen molar-refractivity contribution in [1.82, 2.24) is 4.98 Å².